The molecule has 1 aliphatic carbocycles. The van der Waals surface area contributed by atoms with Crippen LogP contribution in [0.2, 0.25) is 0 Å². The summed E-state index contributed by atoms with van der Waals surface area (Å²) in [5.74, 6) is -0.993. The standard InChI is InChI=1S/C24H21N5O2/c25-22(30)18-13-27-29-14-16(15-7-3-1-4-8-15)11-19(29)21(18)28-20-12-24(20,23(26)31)17-9-5-2-6-10-17/h1-11,13-14,20,28H,12H2,(H2,25,30)(H2,26,31). The maximum atomic E-state index is 12.4. The molecule has 0 radical (unpaired) electrons. The summed E-state index contributed by atoms with van der Waals surface area (Å²) in [6.07, 6.45) is 3.88. The fourth-order valence-corrected chi connectivity index (χ4v) is 4.26. The van der Waals surface area contributed by atoms with Crippen molar-refractivity contribution < 1.29 is 9.59 Å². The number of aromatic nitrogens is 2. The fraction of sp³-hybridized carbons (Fsp3) is 0.125. The highest BCUT2D eigenvalue weighted by atomic mass is 16.1. The van der Waals surface area contributed by atoms with Crippen LogP contribution in [0.1, 0.15) is 22.3 Å². The lowest BCUT2D eigenvalue weighted by molar-refractivity contribution is -0.120. The number of amides is 2. The molecule has 154 valence electrons. The van der Waals surface area contributed by atoms with E-state index in [2.05, 4.69) is 10.4 Å². The topological polar surface area (TPSA) is 116 Å². The number of carbonyl (C=O) groups excluding carboxylic acids is 2. The average molecular weight is 411 g/mol. The molecule has 0 spiro atoms. The number of hydrogen-bond donors (Lipinski definition) is 3. The van der Waals surface area contributed by atoms with Crippen LogP contribution in [-0.2, 0) is 10.2 Å². The molecular weight excluding hydrogens is 390 g/mol. The van der Waals surface area contributed by atoms with Gasteiger partial charge >= 0.3 is 0 Å². The van der Waals surface area contributed by atoms with E-state index >= 15 is 0 Å². The van der Waals surface area contributed by atoms with Crippen LogP contribution in [0.25, 0.3) is 16.6 Å². The van der Waals surface area contributed by atoms with Crippen molar-refractivity contribution >= 4 is 23.0 Å². The predicted molar refractivity (Wildman–Crippen MR) is 118 cm³/mol. The van der Waals surface area contributed by atoms with Crippen molar-refractivity contribution in [2.75, 3.05) is 5.32 Å². The summed E-state index contributed by atoms with van der Waals surface area (Å²) in [5.41, 5.74) is 15.0. The van der Waals surface area contributed by atoms with Gasteiger partial charge in [-0.2, -0.15) is 5.10 Å². The molecule has 2 amide bonds. The van der Waals surface area contributed by atoms with Crippen molar-refractivity contribution in [2.45, 2.75) is 17.9 Å². The van der Waals surface area contributed by atoms with Gasteiger partial charge in [0.05, 0.1) is 28.4 Å². The Balaban J connectivity index is 1.59. The van der Waals surface area contributed by atoms with Gasteiger partial charge in [-0.25, -0.2) is 4.52 Å². The van der Waals surface area contributed by atoms with E-state index in [0.29, 0.717) is 17.6 Å². The van der Waals surface area contributed by atoms with E-state index in [9.17, 15) is 9.59 Å². The third-order valence-corrected chi connectivity index (χ3v) is 6.02. The average Bonchev–Trinajstić information content (AvgIpc) is 3.35. The summed E-state index contributed by atoms with van der Waals surface area (Å²) in [5, 5.41) is 7.73. The Bertz CT molecular complexity index is 1300. The number of benzene rings is 2. The number of hydrogen-bond acceptors (Lipinski definition) is 4. The molecule has 1 aliphatic rings. The van der Waals surface area contributed by atoms with Crippen LogP contribution in [0.15, 0.2) is 79.1 Å². The minimum atomic E-state index is -0.828. The number of rotatable bonds is 6. The highest BCUT2D eigenvalue weighted by Crippen LogP contribution is 2.50. The molecule has 2 unspecified atom stereocenters. The van der Waals surface area contributed by atoms with Gasteiger partial charge in [-0.1, -0.05) is 60.7 Å². The molecular formula is C24H21N5O2. The van der Waals surface area contributed by atoms with Gasteiger partial charge in [0.15, 0.2) is 0 Å². The number of nitrogens with one attached hydrogen (secondary N) is 1. The maximum absolute atomic E-state index is 12.4. The highest BCUT2D eigenvalue weighted by Gasteiger charge is 2.60. The Kier molecular flexibility index (Phi) is 4.25. The Morgan fingerprint density at radius 2 is 1.68 bits per heavy atom. The van der Waals surface area contributed by atoms with Crippen molar-refractivity contribution in [1.29, 1.82) is 0 Å². The normalized spacial score (nSPS) is 19.8. The predicted octanol–water partition coefficient (Wildman–Crippen LogP) is 2.71. The molecule has 2 atom stereocenters. The quantitative estimate of drug-likeness (QED) is 0.452. The SMILES string of the molecule is NC(=O)c1cnn2cc(-c3ccccc3)cc2c1NC1CC1(C(N)=O)c1ccccc1. The molecule has 0 aliphatic heterocycles. The second kappa shape index (κ2) is 6.98. The van der Waals surface area contributed by atoms with Gasteiger partial charge in [-0.3, -0.25) is 9.59 Å². The van der Waals surface area contributed by atoms with Crippen molar-refractivity contribution in [1.82, 2.24) is 9.61 Å². The Morgan fingerprint density at radius 3 is 2.32 bits per heavy atom. The molecule has 2 aromatic heterocycles. The number of primary amides is 2. The van der Waals surface area contributed by atoms with Crippen LogP contribution in [-0.4, -0.2) is 27.5 Å². The van der Waals surface area contributed by atoms with Gasteiger partial charge in [0.1, 0.15) is 0 Å². The molecule has 0 saturated heterocycles. The summed E-state index contributed by atoms with van der Waals surface area (Å²) >= 11 is 0. The molecule has 1 fully saturated rings. The summed E-state index contributed by atoms with van der Waals surface area (Å²) in [6, 6.07) is 21.0. The van der Waals surface area contributed by atoms with E-state index < -0.39 is 17.2 Å². The molecule has 4 aromatic rings. The van der Waals surface area contributed by atoms with Crippen molar-refractivity contribution in [2.24, 2.45) is 11.5 Å². The molecule has 7 nitrogen and oxygen atoms in total. The van der Waals surface area contributed by atoms with Crippen LogP contribution >= 0.6 is 0 Å². The number of carbonyl (C=O) groups is 2. The monoisotopic (exact) mass is 411 g/mol. The first-order chi connectivity index (χ1) is 15.0. The minimum Gasteiger partial charge on any atom is -0.378 e. The number of anilines is 1. The van der Waals surface area contributed by atoms with Crippen LogP contribution in [0.3, 0.4) is 0 Å². The van der Waals surface area contributed by atoms with Gasteiger partial charge in [-0.15, -0.1) is 0 Å². The van der Waals surface area contributed by atoms with E-state index in [-0.39, 0.29) is 11.6 Å². The highest BCUT2D eigenvalue weighted by molar-refractivity contribution is 6.03. The van der Waals surface area contributed by atoms with E-state index in [1.807, 2.05) is 72.9 Å². The van der Waals surface area contributed by atoms with Crippen molar-refractivity contribution in [3.05, 3.63) is 90.3 Å². The van der Waals surface area contributed by atoms with Crippen molar-refractivity contribution in [3.8, 4) is 11.1 Å². The lowest BCUT2D eigenvalue weighted by Crippen LogP contribution is -2.34. The van der Waals surface area contributed by atoms with Gasteiger partial charge in [0.25, 0.3) is 5.91 Å². The van der Waals surface area contributed by atoms with Crippen LogP contribution < -0.4 is 16.8 Å². The number of nitrogens with zero attached hydrogens (tertiary/aromatic N) is 2. The van der Waals surface area contributed by atoms with Crippen LogP contribution in [0.5, 0.6) is 0 Å². The Hall–Kier alpha value is -4.13. The van der Waals surface area contributed by atoms with E-state index in [0.717, 1.165) is 16.7 Å². The lowest BCUT2D eigenvalue weighted by Gasteiger charge is -2.17. The molecule has 5 N–H and O–H groups in total. The molecule has 5 rings (SSSR count). The molecule has 0 bridgehead atoms. The van der Waals surface area contributed by atoms with Gasteiger partial charge in [0.2, 0.25) is 5.91 Å². The maximum Gasteiger partial charge on any atom is 0.252 e. The fourth-order valence-electron chi connectivity index (χ4n) is 4.26. The summed E-state index contributed by atoms with van der Waals surface area (Å²) in [7, 11) is 0. The third kappa shape index (κ3) is 3.02. The molecule has 1 saturated carbocycles. The zero-order chi connectivity index (χ0) is 21.6. The molecule has 31 heavy (non-hydrogen) atoms. The second-order valence-electron chi connectivity index (χ2n) is 7.82. The number of fused-ring (bicyclic) bond motifs is 1. The second-order valence-corrected chi connectivity index (χ2v) is 7.82. The zero-order valence-corrected chi connectivity index (χ0v) is 16.7. The summed E-state index contributed by atoms with van der Waals surface area (Å²) in [4.78, 5) is 24.6. The first-order valence-corrected chi connectivity index (χ1v) is 9.99. The van der Waals surface area contributed by atoms with Crippen LogP contribution in [0.4, 0.5) is 5.69 Å². The summed E-state index contributed by atoms with van der Waals surface area (Å²) < 4.78 is 1.70. The molecule has 2 heterocycles. The Labute approximate surface area is 178 Å². The lowest BCUT2D eigenvalue weighted by atomic mass is 9.94. The number of nitrogens with two attached hydrogens (primary N) is 2. The van der Waals surface area contributed by atoms with Gasteiger partial charge in [-0.05, 0) is 23.6 Å². The Morgan fingerprint density at radius 1 is 1.00 bits per heavy atom. The zero-order valence-electron chi connectivity index (χ0n) is 16.7. The van der Waals surface area contributed by atoms with E-state index in [4.69, 9.17) is 11.5 Å². The van der Waals surface area contributed by atoms with E-state index in [1.165, 1.54) is 6.20 Å². The smallest absolute Gasteiger partial charge is 0.252 e. The van der Waals surface area contributed by atoms with Gasteiger partial charge in [0, 0.05) is 17.8 Å². The third-order valence-electron chi connectivity index (χ3n) is 6.02. The van der Waals surface area contributed by atoms with Crippen molar-refractivity contribution in [3.63, 3.8) is 0 Å². The molecule has 7 heteroatoms. The van der Waals surface area contributed by atoms with Crippen LogP contribution in [0, 0.1) is 0 Å². The largest absolute Gasteiger partial charge is 0.378 e. The van der Waals surface area contributed by atoms with E-state index in [1.54, 1.807) is 4.52 Å². The minimum absolute atomic E-state index is 0.258. The molecule has 2 aromatic carbocycles. The van der Waals surface area contributed by atoms with Gasteiger partial charge < -0.3 is 16.8 Å². The first-order valence-electron chi connectivity index (χ1n) is 9.99. The summed E-state index contributed by atoms with van der Waals surface area (Å²) in [6.45, 7) is 0. The first kappa shape index (κ1) is 18.9.